The summed E-state index contributed by atoms with van der Waals surface area (Å²) in [4.78, 5) is 2.26. The molecule has 3 heteroatoms. The monoisotopic (exact) mass is 332 g/mol. The lowest BCUT2D eigenvalue weighted by Crippen LogP contribution is -2.17. The zero-order valence-corrected chi connectivity index (χ0v) is 13.8. The van der Waals surface area contributed by atoms with Crippen LogP contribution in [0.25, 0.3) is 0 Å². The molecule has 0 saturated carbocycles. The lowest BCUT2D eigenvalue weighted by molar-refractivity contribution is 0.652. The van der Waals surface area contributed by atoms with Gasteiger partial charge in [-0.05, 0) is 49.4 Å². The summed E-state index contributed by atoms with van der Waals surface area (Å²) in [6, 6.07) is 17.6. The maximum absolute atomic E-state index is 3.52. The highest BCUT2D eigenvalue weighted by atomic mass is 79.9. The fourth-order valence-electron chi connectivity index (χ4n) is 2.18. The number of nitrogens with zero attached hydrogens (tertiary/aromatic N) is 1. The quantitative estimate of drug-likeness (QED) is 0.874. The minimum Gasteiger partial charge on any atom is -0.370 e. The Balaban J connectivity index is 2.07. The molecule has 2 nitrogen and oxygen atoms in total. The van der Waals surface area contributed by atoms with E-state index >= 15 is 0 Å². The topological polar surface area (TPSA) is 15.3 Å². The van der Waals surface area contributed by atoms with Gasteiger partial charge < -0.3 is 10.2 Å². The van der Waals surface area contributed by atoms with Crippen LogP contribution in [0.1, 0.15) is 24.1 Å². The van der Waals surface area contributed by atoms with Gasteiger partial charge in [-0.1, -0.05) is 40.2 Å². The highest BCUT2D eigenvalue weighted by molar-refractivity contribution is 9.10. The van der Waals surface area contributed by atoms with E-state index < -0.39 is 0 Å². The van der Waals surface area contributed by atoms with Crippen LogP contribution in [0.2, 0.25) is 0 Å². The normalized spacial score (nSPS) is 12.2. The van der Waals surface area contributed by atoms with Crippen molar-refractivity contribution in [1.29, 1.82) is 0 Å². The van der Waals surface area contributed by atoms with Gasteiger partial charge in [-0.3, -0.25) is 0 Å². The molecule has 1 atom stereocenters. The summed E-state index contributed by atoms with van der Waals surface area (Å²) in [6.45, 7) is 3.07. The van der Waals surface area contributed by atoms with Gasteiger partial charge in [0.05, 0.1) is 0 Å². The Labute approximate surface area is 129 Å². The molecule has 106 valence electrons. The van der Waals surface area contributed by atoms with Gasteiger partial charge in [0.1, 0.15) is 0 Å². The lowest BCUT2D eigenvalue weighted by atomic mass is 10.1. The molecule has 1 N–H and O–H groups in total. The largest absolute Gasteiger partial charge is 0.370 e. The van der Waals surface area contributed by atoms with E-state index in [-0.39, 0.29) is 0 Å². The third-order valence-corrected chi connectivity index (χ3v) is 4.07. The molecule has 0 spiro atoms. The van der Waals surface area contributed by atoms with Crippen LogP contribution in [-0.2, 0) is 6.54 Å². The zero-order valence-electron chi connectivity index (χ0n) is 12.2. The van der Waals surface area contributed by atoms with Gasteiger partial charge in [-0.15, -0.1) is 0 Å². The standard InChI is InChI=1S/C17H21BrN2/c1-13(19-2)15-7-9-17(10-8-15)20(3)12-14-5-4-6-16(18)11-14/h4-11,13,19H,12H2,1-3H3. The molecule has 2 aromatic carbocycles. The lowest BCUT2D eigenvalue weighted by Gasteiger charge is -2.20. The van der Waals surface area contributed by atoms with Gasteiger partial charge in [0.15, 0.2) is 0 Å². The summed E-state index contributed by atoms with van der Waals surface area (Å²) in [6.07, 6.45) is 0. The molecule has 0 fully saturated rings. The van der Waals surface area contributed by atoms with E-state index in [1.807, 2.05) is 7.05 Å². The van der Waals surface area contributed by atoms with Crippen LogP contribution < -0.4 is 10.2 Å². The van der Waals surface area contributed by atoms with Crippen molar-refractivity contribution in [3.8, 4) is 0 Å². The first kappa shape index (κ1) is 15.1. The summed E-state index contributed by atoms with van der Waals surface area (Å²) in [7, 11) is 4.11. The molecule has 0 aliphatic carbocycles. The van der Waals surface area contributed by atoms with Crippen molar-refractivity contribution in [3.05, 3.63) is 64.1 Å². The highest BCUT2D eigenvalue weighted by Gasteiger charge is 2.05. The first-order chi connectivity index (χ1) is 9.60. The van der Waals surface area contributed by atoms with Crippen LogP contribution in [0.4, 0.5) is 5.69 Å². The molecule has 0 heterocycles. The molecule has 0 saturated heterocycles. The number of rotatable bonds is 5. The molecule has 2 aromatic rings. The fourth-order valence-corrected chi connectivity index (χ4v) is 2.63. The van der Waals surface area contributed by atoms with Crippen molar-refractivity contribution in [1.82, 2.24) is 5.32 Å². The smallest absolute Gasteiger partial charge is 0.0426 e. The van der Waals surface area contributed by atoms with Crippen LogP contribution in [0, 0.1) is 0 Å². The minimum absolute atomic E-state index is 0.388. The molecular weight excluding hydrogens is 312 g/mol. The second-order valence-electron chi connectivity index (χ2n) is 5.09. The van der Waals surface area contributed by atoms with E-state index in [2.05, 4.69) is 88.6 Å². The maximum Gasteiger partial charge on any atom is 0.0426 e. The predicted octanol–water partition coefficient (Wildman–Crippen LogP) is 4.37. The number of nitrogens with one attached hydrogen (secondary N) is 1. The summed E-state index contributed by atoms with van der Waals surface area (Å²) >= 11 is 3.52. The van der Waals surface area contributed by atoms with Crippen molar-refractivity contribution in [3.63, 3.8) is 0 Å². The van der Waals surface area contributed by atoms with Gasteiger partial charge in [-0.2, -0.15) is 0 Å². The van der Waals surface area contributed by atoms with Crippen LogP contribution >= 0.6 is 15.9 Å². The van der Waals surface area contributed by atoms with Crippen molar-refractivity contribution in [2.75, 3.05) is 19.0 Å². The van der Waals surface area contributed by atoms with Gasteiger partial charge >= 0.3 is 0 Å². The Morgan fingerprint density at radius 3 is 2.45 bits per heavy atom. The van der Waals surface area contributed by atoms with Crippen LogP contribution in [0.15, 0.2) is 53.0 Å². The number of anilines is 1. The van der Waals surface area contributed by atoms with Crippen molar-refractivity contribution in [2.24, 2.45) is 0 Å². The van der Waals surface area contributed by atoms with Gasteiger partial charge in [-0.25, -0.2) is 0 Å². The molecule has 0 amide bonds. The molecular formula is C17H21BrN2. The van der Waals surface area contributed by atoms with Crippen LogP contribution in [-0.4, -0.2) is 14.1 Å². The zero-order chi connectivity index (χ0) is 14.5. The maximum atomic E-state index is 3.52. The third-order valence-electron chi connectivity index (χ3n) is 3.58. The van der Waals surface area contributed by atoms with Crippen molar-refractivity contribution in [2.45, 2.75) is 19.5 Å². The van der Waals surface area contributed by atoms with Crippen molar-refractivity contribution < 1.29 is 0 Å². The second-order valence-corrected chi connectivity index (χ2v) is 6.00. The van der Waals surface area contributed by atoms with Crippen LogP contribution in [0.3, 0.4) is 0 Å². The number of benzene rings is 2. The number of hydrogen-bond donors (Lipinski definition) is 1. The fraction of sp³-hybridized carbons (Fsp3) is 0.294. The van der Waals surface area contributed by atoms with Gasteiger partial charge in [0.25, 0.3) is 0 Å². The van der Waals surface area contributed by atoms with E-state index in [0.717, 1.165) is 11.0 Å². The molecule has 0 aliphatic heterocycles. The number of hydrogen-bond acceptors (Lipinski definition) is 2. The summed E-state index contributed by atoms with van der Waals surface area (Å²) in [5, 5.41) is 3.26. The molecule has 0 aromatic heterocycles. The number of halogens is 1. The van der Waals surface area contributed by atoms with E-state index in [4.69, 9.17) is 0 Å². The second kappa shape index (κ2) is 6.91. The van der Waals surface area contributed by atoms with Crippen molar-refractivity contribution >= 4 is 21.6 Å². The Bertz CT molecular complexity index is 551. The van der Waals surface area contributed by atoms with E-state index in [9.17, 15) is 0 Å². The molecule has 0 aliphatic rings. The molecule has 0 bridgehead atoms. The van der Waals surface area contributed by atoms with E-state index in [1.165, 1.54) is 16.8 Å². The molecule has 2 rings (SSSR count). The first-order valence-corrected chi connectivity index (χ1v) is 7.62. The Morgan fingerprint density at radius 1 is 1.15 bits per heavy atom. The predicted molar refractivity (Wildman–Crippen MR) is 90.2 cm³/mol. The Kier molecular flexibility index (Phi) is 5.21. The minimum atomic E-state index is 0.388. The van der Waals surface area contributed by atoms with E-state index in [0.29, 0.717) is 6.04 Å². The van der Waals surface area contributed by atoms with Gasteiger partial charge in [0.2, 0.25) is 0 Å². The first-order valence-electron chi connectivity index (χ1n) is 6.83. The average molecular weight is 333 g/mol. The summed E-state index contributed by atoms with van der Waals surface area (Å²) in [5.74, 6) is 0. The van der Waals surface area contributed by atoms with Gasteiger partial charge in [0, 0.05) is 29.8 Å². The third kappa shape index (κ3) is 3.84. The molecule has 1 unspecified atom stereocenters. The van der Waals surface area contributed by atoms with E-state index in [1.54, 1.807) is 0 Å². The molecule has 20 heavy (non-hydrogen) atoms. The highest BCUT2D eigenvalue weighted by Crippen LogP contribution is 2.20. The Hall–Kier alpha value is -1.32. The summed E-state index contributed by atoms with van der Waals surface area (Å²) < 4.78 is 1.13. The summed E-state index contributed by atoms with van der Waals surface area (Å²) in [5.41, 5.74) is 3.85. The van der Waals surface area contributed by atoms with Crippen LogP contribution in [0.5, 0.6) is 0 Å². The molecule has 0 radical (unpaired) electrons. The SMILES string of the molecule is CNC(C)c1ccc(N(C)Cc2cccc(Br)c2)cc1. The average Bonchev–Trinajstić information content (AvgIpc) is 2.46. The Morgan fingerprint density at radius 2 is 1.85 bits per heavy atom.